The smallest absolute Gasteiger partial charge is 0.273 e. The van der Waals surface area contributed by atoms with Crippen molar-refractivity contribution >= 4 is 23.5 Å². The predicted octanol–water partition coefficient (Wildman–Crippen LogP) is 2.44. The number of amides is 3. The second kappa shape index (κ2) is 10.0. The molecule has 3 unspecified atom stereocenters. The van der Waals surface area contributed by atoms with Gasteiger partial charge in [0.2, 0.25) is 5.91 Å². The van der Waals surface area contributed by atoms with Crippen LogP contribution in [0.5, 0.6) is 0 Å². The summed E-state index contributed by atoms with van der Waals surface area (Å²) in [6, 6.07) is 4.87. The summed E-state index contributed by atoms with van der Waals surface area (Å²) in [6.45, 7) is 0.331. The molecule has 2 aromatic rings. The van der Waals surface area contributed by atoms with Crippen LogP contribution in [-0.4, -0.2) is 69.5 Å². The molecule has 3 fully saturated rings. The number of carbonyl (C=O) groups excluding carboxylic acids is 4. The molecule has 5 rings (SSSR count). The molecular weight excluding hydrogens is 448 g/mol. The standard InChI is InChI=1S/C26H30N4O5/c31-22-15-30(25(33)19-8-4-5-11-27-19)21-9-12-29(23(21)22)26(34)20(14-17-6-2-1-3-7-17)28-24(32)18-10-13-35-16-18/h4-5,8,10-11,13,16-17,20-21,23H,1-3,6-7,9,12,14-15H2,(H,28,32). The van der Waals surface area contributed by atoms with Crippen molar-refractivity contribution in [1.82, 2.24) is 20.1 Å². The molecule has 35 heavy (non-hydrogen) atoms. The highest BCUT2D eigenvalue weighted by Gasteiger charge is 2.52. The molecule has 2 aromatic heterocycles. The highest BCUT2D eigenvalue weighted by Crippen LogP contribution is 2.33. The fraction of sp³-hybridized carbons (Fsp3) is 0.500. The molecule has 2 aliphatic heterocycles. The molecular formula is C26H30N4O5. The average molecular weight is 479 g/mol. The van der Waals surface area contributed by atoms with Crippen molar-refractivity contribution in [3.8, 4) is 0 Å². The summed E-state index contributed by atoms with van der Waals surface area (Å²) in [7, 11) is 0. The molecule has 9 heteroatoms. The lowest BCUT2D eigenvalue weighted by Gasteiger charge is -2.31. The zero-order valence-corrected chi connectivity index (χ0v) is 19.6. The Labute approximate surface area is 203 Å². The summed E-state index contributed by atoms with van der Waals surface area (Å²) in [5, 5.41) is 2.91. The Hall–Kier alpha value is -3.49. The van der Waals surface area contributed by atoms with Gasteiger partial charge < -0.3 is 19.5 Å². The number of hydrogen-bond donors (Lipinski definition) is 1. The Morgan fingerprint density at radius 1 is 1.09 bits per heavy atom. The summed E-state index contributed by atoms with van der Waals surface area (Å²) >= 11 is 0. The molecule has 9 nitrogen and oxygen atoms in total. The zero-order chi connectivity index (χ0) is 24.4. The molecule has 3 amide bonds. The Bertz CT molecular complexity index is 1080. The van der Waals surface area contributed by atoms with E-state index in [4.69, 9.17) is 4.42 Å². The van der Waals surface area contributed by atoms with Crippen molar-refractivity contribution in [2.75, 3.05) is 13.1 Å². The summed E-state index contributed by atoms with van der Waals surface area (Å²) in [5.41, 5.74) is 0.642. The van der Waals surface area contributed by atoms with Crippen LogP contribution >= 0.6 is 0 Å². The molecule has 184 valence electrons. The lowest BCUT2D eigenvalue weighted by molar-refractivity contribution is -0.138. The van der Waals surface area contributed by atoms with E-state index in [-0.39, 0.29) is 41.8 Å². The Kier molecular flexibility index (Phi) is 6.66. The summed E-state index contributed by atoms with van der Waals surface area (Å²) in [4.78, 5) is 59.9. The minimum atomic E-state index is -0.729. The first-order valence-corrected chi connectivity index (χ1v) is 12.4. The van der Waals surface area contributed by atoms with Crippen molar-refractivity contribution in [1.29, 1.82) is 0 Å². The van der Waals surface area contributed by atoms with Crippen LogP contribution in [0.25, 0.3) is 0 Å². The molecule has 0 radical (unpaired) electrons. The highest BCUT2D eigenvalue weighted by molar-refractivity contribution is 6.03. The largest absolute Gasteiger partial charge is 0.472 e. The minimum absolute atomic E-state index is 0.0385. The fourth-order valence-electron chi connectivity index (χ4n) is 5.79. The van der Waals surface area contributed by atoms with E-state index in [1.54, 1.807) is 40.3 Å². The van der Waals surface area contributed by atoms with Gasteiger partial charge in [0.1, 0.15) is 24.0 Å². The summed E-state index contributed by atoms with van der Waals surface area (Å²) in [6.07, 6.45) is 10.9. The van der Waals surface area contributed by atoms with Crippen LogP contribution in [0.4, 0.5) is 0 Å². The normalized spacial score (nSPS) is 23.3. The van der Waals surface area contributed by atoms with E-state index in [0.717, 1.165) is 25.7 Å². The number of pyridine rings is 1. The van der Waals surface area contributed by atoms with Crippen molar-refractivity contribution in [2.45, 2.75) is 63.1 Å². The number of rotatable bonds is 6. The van der Waals surface area contributed by atoms with E-state index in [2.05, 4.69) is 10.3 Å². The Morgan fingerprint density at radius 3 is 2.63 bits per heavy atom. The van der Waals surface area contributed by atoms with E-state index in [1.165, 1.54) is 18.9 Å². The number of likely N-dealkylation sites (tertiary alicyclic amines) is 2. The molecule has 0 spiro atoms. The first-order chi connectivity index (χ1) is 17.0. The molecule has 0 aromatic carbocycles. The number of Topliss-reactive ketones (excluding diaryl/α,β-unsaturated/α-hetero) is 1. The third kappa shape index (κ3) is 4.72. The van der Waals surface area contributed by atoms with Crippen LogP contribution in [0.15, 0.2) is 47.4 Å². The second-order valence-corrected chi connectivity index (χ2v) is 9.72. The van der Waals surface area contributed by atoms with Gasteiger partial charge in [-0.05, 0) is 37.0 Å². The number of carbonyl (C=O) groups is 4. The Morgan fingerprint density at radius 2 is 1.91 bits per heavy atom. The van der Waals surface area contributed by atoms with Crippen LogP contribution in [-0.2, 0) is 9.59 Å². The lowest BCUT2D eigenvalue weighted by atomic mass is 9.84. The van der Waals surface area contributed by atoms with Crippen molar-refractivity contribution in [2.24, 2.45) is 5.92 Å². The van der Waals surface area contributed by atoms with E-state index < -0.39 is 12.1 Å². The maximum Gasteiger partial charge on any atom is 0.273 e. The van der Waals surface area contributed by atoms with Gasteiger partial charge in [0.15, 0.2) is 5.78 Å². The molecule has 4 heterocycles. The minimum Gasteiger partial charge on any atom is -0.472 e. The quantitative estimate of drug-likeness (QED) is 0.682. The zero-order valence-electron chi connectivity index (χ0n) is 19.6. The van der Waals surface area contributed by atoms with E-state index in [0.29, 0.717) is 30.9 Å². The molecule has 1 saturated carbocycles. The average Bonchev–Trinajstić information content (AvgIpc) is 3.63. The van der Waals surface area contributed by atoms with E-state index in [1.807, 2.05) is 0 Å². The topological polar surface area (TPSA) is 113 Å². The van der Waals surface area contributed by atoms with E-state index in [9.17, 15) is 19.2 Å². The molecule has 3 atom stereocenters. The highest BCUT2D eigenvalue weighted by atomic mass is 16.3. The van der Waals surface area contributed by atoms with Crippen molar-refractivity contribution in [3.63, 3.8) is 0 Å². The van der Waals surface area contributed by atoms with Gasteiger partial charge in [0.25, 0.3) is 11.8 Å². The maximum atomic E-state index is 13.8. The predicted molar refractivity (Wildman–Crippen MR) is 125 cm³/mol. The molecule has 1 aliphatic carbocycles. The van der Waals surface area contributed by atoms with Crippen LogP contribution in [0, 0.1) is 5.92 Å². The lowest BCUT2D eigenvalue weighted by Crippen LogP contribution is -2.53. The van der Waals surface area contributed by atoms with Crippen LogP contribution in [0.2, 0.25) is 0 Å². The molecule has 2 saturated heterocycles. The third-order valence-electron chi connectivity index (χ3n) is 7.53. The number of hydrogen-bond acceptors (Lipinski definition) is 6. The Balaban J connectivity index is 1.33. The van der Waals surface area contributed by atoms with E-state index >= 15 is 0 Å². The van der Waals surface area contributed by atoms with Gasteiger partial charge in [-0.25, -0.2) is 0 Å². The van der Waals surface area contributed by atoms with Gasteiger partial charge in [0.05, 0.1) is 24.4 Å². The summed E-state index contributed by atoms with van der Waals surface area (Å²) < 4.78 is 5.03. The van der Waals surface area contributed by atoms with Gasteiger partial charge >= 0.3 is 0 Å². The molecule has 1 N–H and O–H groups in total. The van der Waals surface area contributed by atoms with Gasteiger partial charge in [0, 0.05) is 12.7 Å². The van der Waals surface area contributed by atoms with Crippen molar-refractivity contribution in [3.05, 3.63) is 54.2 Å². The number of nitrogens with zero attached hydrogens (tertiary/aromatic N) is 3. The number of fused-ring (bicyclic) bond motifs is 1. The SMILES string of the molecule is O=C(NC(CC1CCCCC1)C(=O)N1CCC2C1C(=O)CN2C(=O)c1ccccn1)c1ccoc1. The number of aromatic nitrogens is 1. The van der Waals surface area contributed by atoms with Crippen LogP contribution < -0.4 is 5.32 Å². The molecule has 0 bridgehead atoms. The fourth-order valence-corrected chi connectivity index (χ4v) is 5.79. The number of furan rings is 1. The van der Waals surface area contributed by atoms with Gasteiger partial charge in [-0.15, -0.1) is 0 Å². The van der Waals surface area contributed by atoms with Gasteiger partial charge in [-0.2, -0.15) is 0 Å². The van der Waals surface area contributed by atoms with Crippen LogP contribution in [0.3, 0.4) is 0 Å². The van der Waals surface area contributed by atoms with Crippen LogP contribution in [0.1, 0.15) is 65.8 Å². The second-order valence-electron chi connectivity index (χ2n) is 9.72. The van der Waals surface area contributed by atoms with Gasteiger partial charge in [-0.1, -0.05) is 38.2 Å². The molecule has 3 aliphatic rings. The first-order valence-electron chi connectivity index (χ1n) is 12.4. The number of nitrogens with one attached hydrogen (secondary N) is 1. The summed E-state index contributed by atoms with van der Waals surface area (Å²) in [5.74, 6) is -0.716. The van der Waals surface area contributed by atoms with Crippen molar-refractivity contribution < 1.29 is 23.6 Å². The first kappa shape index (κ1) is 23.3. The van der Waals surface area contributed by atoms with Gasteiger partial charge in [-0.3, -0.25) is 24.2 Å². The monoisotopic (exact) mass is 478 g/mol. The third-order valence-corrected chi connectivity index (χ3v) is 7.53. The number of ketones is 1. The maximum absolute atomic E-state index is 13.8.